The van der Waals surface area contributed by atoms with Gasteiger partial charge in [-0.25, -0.2) is 13.2 Å². The molecular weight excluding hydrogens is 483 g/mol. The summed E-state index contributed by atoms with van der Waals surface area (Å²) in [5, 5.41) is 26.4. The molecule has 37 heavy (non-hydrogen) atoms. The first-order valence-corrected chi connectivity index (χ1v) is 12.5. The minimum Gasteiger partial charge on any atom is -0.507 e. The molecule has 1 aliphatic rings. The van der Waals surface area contributed by atoms with Crippen molar-refractivity contribution < 1.29 is 23.0 Å². The molecule has 198 valence electrons. The van der Waals surface area contributed by atoms with Crippen molar-refractivity contribution in [1.82, 2.24) is 20.4 Å². The number of phenolic OH excluding ortho intramolecular Hbond substituents is 1. The second-order valence-corrected chi connectivity index (χ2v) is 9.86. The zero-order valence-corrected chi connectivity index (χ0v) is 21.3. The SMILES string of the molecule is CC[C@]1(C)CCCC[C@H](N(CCF)c2ccc(-c3c(O)cc(-c4cnnc(OC)c4)c(F)c3F)nn2)C1. The summed E-state index contributed by atoms with van der Waals surface area (Å²) in [5.74, 6) is -2.36. The highest BCUT2D eigenvalue weighted by Crippen LogP contribution is 2.41. The first-order chi connectivity index (χ1) is 17.8. The Hall–Kier alpha value is -3.43. The van der Waals surface area contributed by atoms with E-state index in [-0.39, 0.29) is 40.7 Å². The fourth-order valence-electron chi connectivity index (χ4n) is 5.14. The Morgan fingerprint density at radius 3 is 2.62 bits per heavy atom. The van der Waals surface area contributed by atoms with Gasteiger partial charge in [0.15, 0.2) is 17.5 Å². The number of hydrogen-bond donors (Lipinski definition) is 1. The number of nitrogens with zero attached hydrogens (tertiary/aromatic N) is 5. The van der Waals surface area contributed by atoms with Crippen LogP contribution in [0, 0.1) is 17.0 Å². The number of aromatic nitrogens is 4. The number of alkyl halides is 1. The van der Waals surface area contributed by atoms with Crippen molar-refractivity contribution in [3.05, 3.63) is 42.1 Å². The number of phenols is 1. The standard InChI is InChI=1S/C27H32F3N5O2/c1-4-27(2)10-6-5-7-18(15-27)35(12-11-28)22-9-8-20(32-33-22)24-21(36)14-19(25(29)26(24)30)17-13-23(37-3)34-31-16-17/h8-9,13-14,16,18,36H,4-7,10-12,15H2,1-3H3/t18-,27+/m0/s1. The van der Waals surface area contributed by atoms with Gasteiger partial charge < -0.3 is 14.7 Å². The Kier molecular flexibility index (Phi) is 8.14. The van der Waals surface area contributed by atoms with Gasteiger partial charge in [0.2, 0.25) is 5.88 Å². The summed E-state index contributed by atoms with van der Waals surface area (Å²) in [6.45, 7) is 4.09. The molecule has 2 aromatic heterocycles. The molecule has 0 unspecified atom stereocenters. The van der Waals surface area contributed by atoms with Gasteiger partial charge in [0.1, 0.15) is 12.4 Å². The van der Waals surface area contributed by atoms with Gasteiger partial charge >= 0.3 is 0 Å². The molecule has 0 aliphatic heterocycles. The molecule has 0 saturated heterocycles. The van der Waals surface area contributed by atoms with Crippen LogP contribution in [0.3, 0.4) is 0 Å². The van der Waals surface area contributed by atoms with Gasteiger partial charge in [0.05, 0.1) is 24.6 Å². The molecule has 0 amide bonds. The van der Waals surface area contributed by atoms with Crippen LogP contribution in [0.15, 0.2) is 30.5 Å². The first-order valence-electron chi connectivity index (χ1n) is 12.5. The lowest BCUT2D eigenvalue weighted by molar-refractivity contribution is 0.248. The fraction of sp³-hybridized carbons (Fsp3) is 0.481. The number of anilines is 1. The van der Waals surface area contributed by atoms with Gasteiger partial charge in [-0.3, -0.25) is 0 Å². The third-order valence-corrected chi connectivity index (χ3v) is 7.45. The quantitative estimate of drug-likeness (QED) is 0.362. The normalized spacial score (nSPS) is 19.9. The molecule has 1 N–H and O–H groups in total. The van der Waals surface area contributed by atoms with E-state index in [1.807, 2.05) is 4.90 Å². The fourth-order valence-corrected chi connectivity index (χ4v) is 5.14. The van der Waals surface area contributed by atoms with Gasteiger partial charge in [-0.05, 0) is 42.9 Å². The van der Waals surface area contributed by atoms with Crippen molar-refractivity contribution >= 4 is 5.82 Å². The third-order valence-electron chi connectivity index (χ3n) is 7.45. The number of aromatic hydroxyl groups is 1. The molecule has 1 aromatic carbocycles. The van der Waals surface area contributed by atoms with E-state index in [9.17, 15) is 9.50 Å². The Bertz CT molecular complexity index is 1230. The van der Waals surface area contributed by atoms with Crippen LogP contribution >= 0.6 is 0 Å². The van der Waals surface area contributed by atoms with Crippen molar-refractivity contribution in [3.8, 4) is 34.0 Å². The summed E-state index contributed by atoms with van der Waals surface area (Å²) in [4.78, 5) is 1.93. The van der Waals surface area contributed by atoms with Crippen LogP contribution in [0.4, 0.5) is 19.0 Å². The first kappa shape index (κ1) is 26.6. The van der Waals surface area contributed by atoms with E-state index < -0.39 is 29.6 Å². The minimum absolute atomic E-state index is 0.0332. The largest absolute Gasteiger partial charge is 0.507 e. The van der Waals surface area contributed by atoms with Crippen molar-refractivity contribution in [2.24, 2.45) is 5.41 Å². The summed E-state index contributed by atoms with van der Waals surface area (Å²) in [6.07, 6.45) is 7.45. The maximum absolute atomic E-state index is 15.2. The van der Waals surface area contributed by atoms with Crippen LogP contribution in [-0.4, -0.2) is 51.9 Å². The Balaban J connectivity index is 1.66. The highest BCUT2D eigenvalue weighted by atomic mass is 19.2. The molecule has 0 spiro atoms. The number of halogens is 3. The monoisotopic (exact) mass is 515 g/mol. The van der Waals surface area contributed by atoms with Crippen molar-refractivity contribution in [3.63, 3.8) is 0 Å². The van der Waals surface area contributed by atoms with Gasteiger partial charge in [0.25, 0.3) is 0 Å². The van der Waals surface area contributed by atoms with Crippen LogP contribution in [0.5, 0.6) is 11.6 Å². The Morgan fingerprint density at radius 2 is 1.95 bits per heavy atom. The van der Waals surface area contributed by atoms with E-state index in [1.165, 1.54) is 25.4 Å². The molecule has 0 bridgehead atoms. The summed E-state index contributed by atoms with van der Waals surface area (Å²) in [7, 11) is 1.38. The van der Waals surface area contributed by atoms with E-state index in [0.717, 1.165) is 44.6 Å². The molecular formula is C27H32F3N5O2. The molecule has 1 fully saturated rings. The summed E-state index contributed by atoms with van der Waals surface area (Å²) >= 11 is 0. The van der Waals surface area contributed by atoms with E-state index in [0.29, 0.717) is 5.82 Å². The molecule has 1 saturated carbocycles. The Labute approximate surface area is 214 Å². The van der Waals surface area contributed by atoms with Crippen molar-refractivity contribution in [1.29, 1.82) is 0 Å². The van der Waals surface area contributed by atoms with Gasteiger partial charge in [-0.15, -0.1) is 15.3 Å². The predicted molar refractivity (Wildman–Crippen MR) is 135 cm³/mol. The molecule has 7 nitrogen and oxygen atoms in total. The average molecular weight is 516 g/mol. The van der Waals surface area contributed by atoms with Crippen molar-refractivity contribution in [2.75, 3.05) is 25.2 Å². The second kappa shape index (κ2) is 11.3. The predicted octanol–water partition coefficient (Wildman–Crippen LogP) is 6.12. The lowest BCUT2D eigenvalue weighted by Gasteiger charge is -2.36. The van der Waals surface area contributed by atoms with Crippen LogP contribution in [0.25, 0.3) is 22.4 Å². The Morgan fingerprint density at radius 1 is 1.14 bits per heavy atom. The summed E-state index contributed by atoms with van der Waals surface area (Å²) < 4.78 is 48.8. The lowest BCUT2D eigenvalue weighted by Crippen LogP contribution is -2.40. The maximum Gasteiger partial charge on any atom is 0.233 e. The lowest BCUT2D eigenvalue weighted by atomic mass is 9.79. The van der Waals surface area contributed by atoms with Crippen molar-refractivity contribution in [2.45, 2.75) is 58.4 Å². The van der Waals surface area contributed by atoms with Crippen LogP contribution in [0.1, 0.15) is 52.4 Å². The van der Waals surface area contributed by atoms with E-state index in [2.05, 4.69) is 34.2 Å². The molecule has 3 aromatic rings. The number of benzene rings is 1. The highest BCUT2D eigenvalue weighted by Gasteiger charge is 2.32. The van der Waals surface area contributed by atoms with Crippen LogP contribution < -0.4 is 9.64 Å². The van der Waals surface area contributed by atoms with E-state index in [1.54, 1.807) is 6.07 Å². The third kappa shape index (κ3) is 5.62. The van der Waals surface area contributed by atoms with E-state index in [4.69, 9.17) is 4.74 Å². The summed E-state index contributed by atoms with van der Waals surface area (Å²) in [5.41, 5.74) is -0.270. The minimum atomic E-state index is -1.27. The molecule has 2 atom stereocenters. The topological polar surface area (TPSA) is 84.3 Å². The maximum atomic E-state index is 15.2. The zero-order chi connectivity index (χ0) is 26.6. The number of hydrogen-bond acceptors (Lipinski definition) is 7. The number of methoxy groups -OCH3 is 1. The molecule has 0 radical (unpaired) electrons. The zero-order valence-electron chi connectivity index (χ0n) is 21.3. The van der Waals surface area contributed by atoms with E-state index >= 15 is 8.78 Å². The molecule has 2 heterocycles. The average Bonchev–Trinajstić information content (AvgIpc) is 3.12. The molecule has 10 heteroatoms. The molecule has 4 rings (SSSR count). The molecule has 1 aliphatic carbocycles. The highest BCUT2D eigenvalue weighted by molar-refractivity contribution is 5.75. The number of ether oxygens (including phenoxy) is 1. The van der Waals surface area contributed by atoms with Gasteiger partial charge in [-0.2, -0.15) is 5.10 Å². The summed E-state index contributed by atoms with van der Waals surface area (Å²) in [6, 6.07) is 5.68. The number of rotatable bonds is 8. The van der Waals surface area contributed by atoms with Crippen LogP contribution in [-0.2, 0) is 0 Å². The second-order valence-electron chi connectivity index (χ2n) is 9.86. The van der Waals surface area contributed by atoms with Gasteiger partial charge in [0, 0.05) is 29.8 Å². The van der Waals surface area contributed by atoms with Crippen LogP contribution in [0.2, 0.25) is 0 Å². The van der Waals surface area contributed by atoms with Gasteiger partial charge in [-0.1, -0.05) is 33.1 Å². The smallest absolute Gasteiger partial charge is 0.233 e.